The third-order valence-corrected chi connectivity index (χ3v) is 4.75. The Morgan fingerprint density at radius 1 is 1.23 bits per heavy atom. The van der Waals surface area contributed by atoms with Crippen molar-refractivity contribution < 1.29 is 14.9 Å². The molecule has 4 aliphatic rings. The Morgan fingerprint density at radius 2 is 1.85 bits per heavy atom. The van der Waals surface area contributed by atoms with Gasteiger partial charge in [-0.05, 0) is 30.6 Å². The van der Waals surface area contributed by atoms with E-state index in [9.17, 15) is 10.2 Å². The average Bonchev–Trinajstić information content (AvgIpc) is 2.61. The first-order valence-corrected chi connectivity index (χ1v) is 4.94. The summed E-state index contributed by atoms with van der Waals surface area (Å²) in [6, 6.07) is 0. The second-order valence-electron chi connectivity index (χ2n) is 5.60. The minimum absolute atomic E-state index is 0.122. The molecule has 4 fully saturated rings. The van der Waals surface area contributed by atoms with Crippen molar-refractivity contribution in [3.8, 4) is 0 Å². The van der Waals surface area contributed by atoms with Gasteiger partial charge in [0.25, 0.3) is 0 Å². The van der Waals surface area contributed by atoms with E-state index in [1.807, 2.05) is 0 Å². The average molecular weight is 184 g/mol. The molecule has 0 aromatic carbocycles. The maximum atomic E-state index is 10.2. The van der Waals surface area contributed by atoms with E-state index in [1.165, 1.54) is 0 Å². The van der Waals surface area contributed by atoms with Crippen molar-refractivity contribution in [2.75, 3.05) is 0 Å². The molecule has 3 aliphatic carbocycles. The highest BCUT2D eigenvalue weighted by Crippen LogP contribution is 2.72. The Labute approximate surface area is 77.7 Å². The Balaban J connectivity index is 2.06. The summed E-state index contributed by atoms with van der Waals surface area (Å²) in [5, 5.41) is 20.1. The normalized spacial score (nSPS) is 66.7. The largest absolute Gasteiger partial charge is 0.384 e. The van der Waals surface area contributed by atoms with Crippen LogP contribution in [0.3, 0.4) is 0 Å². The number of epoxide rings is 1. The second kappa shape index (κ2) is 1.69. The van der Waals surface area contributed by atoms with E-state index in [2.05, 4.69) is 13.8 Å². The fraction of sp³-hybridized carbons (Fsp3) is 1.00. The van der Waals surface area contributed by atoms with Crippen molar-refractivity contribution >= 4 is 0 Å². The van der Waals surface area contributed by atoms with E-state index in [4.69, 9.17) is 4.74 Å². The van der Waals surface area contributed by atoms with Gasteiger partial charge in [-0.1, -0.05) is 13.8 Å². The maximum absolute atomic E-state index is 10.2. The van der Waals surface area contributed by atoms with Crippen LogP contribution in [-0.2, 0) is 4.74 Å². The first kappa shape index (κ1) is 8.21. The number of ether oxygens (including phenoxy) is 1. The molecular weight excluding hydrogens is 168 g/mol. The molecule has 3 saturated carbocycles. The predicted octanol–water partition coefficient (Wildman–Crippen LogP) is 0.501. The summed E-state index contributed by atoms with van der Waals surface area (Å²) in [7, 11) is 0. The third kappa shape index (κ3) is 0.602. The summed E-state index contributed by atoms with van der Waals surface area (Å²) in [5.74, 6) is -0.618. The molecule has 0 radical (unpaired) electrons. The summed E-state index contributed by atoms with van der Waals surface area (Å²) in [6.07, 6.45) is 0.870. The number of aliphatic hydroxyl groups is 2. The molecule has 1 saturated heterocycles. The Kier molecular flexibility index (Phi) is 1.06. The highest BCUT2D eigenvalue weighted by atomic mass is 16.8. The lowest BCUT2D eigenvalue weighted by molar-refractivity contribution is -0.249. The monoisotopic (exact) mass is 184 g/mol. The van der Waals surface area contributed by atoms with Crippen LogP contribution in [0.5, 0.6) is 0 Å². The molecule has 0 amide bonds. The first-order valence-electron chi connectivity index (χ1n) is 4.94. The van der Waals surface area contributed by atoms with Crippen molar-refractivity contribution in [1.82, 2.24) is 0 Å². The van der Waals surface area contributed by atoms with Gasteiger partial charge in [0.15, 0.2) is 0 Å². The summed E-state index contributed by atoms with van der Waals surface area (Å²) in [6.45, 7) is 6.01. The molecular formula is C10H16O3. The quantitative estimate of drug-likeness (QED) is 0.539. The molecule has 5 atom stereocenters. The number of hydrogen-bond acceptors (Lipinski definition) is 3. The zero-order valence-corrected chi connectivity index (χ0v) is 8.24. The van der Waals surface area contributed by atoms with Crippen LogP contribution >= 0.6 is 0 Å². The van der Waals surface area contributed by atoms with Crippen LogP contribution in [0.25, 0.3) is 0 Å². The van der Waals surface area contributed by atoms with E-state index < -0.39 is 11.4 Å². The van der Waals surface area contributed by atoms with Gasteiger partial charge in [0.2, 0.25) is 5.79 Å². The van der Waals surface area contributed by atoms with Crippen molar-refractivity contribution in [2.45, 2.75) is 44.7 Å². The molecule has 74 valence electrons. The van der Waals surface area contributed by atoms with Crippen molar-refractivity contribution in [1.29, 1.82) is 0 Å². The minimum Gasteiger partial charge on any atom is -0.384 e. The van der Waals surface area contributed by atoms with E-state index in [-0.39, 0.29) is 17.4 Å². The fourth-order valence-electron chi connectivity index (χ4n) is 3.60. The van der Waals surface area contributed by atoms with Gasteiger partial charge < -0.3 is 14.9 Å². The molecule has 1 heterocycles. The summed E-state index contributed by atoms with van der Waals surface area (Å²) in [4.78, 5) is 0. The maximum Gasteiger partial charge on any atom is 0.223 e. The van der Waals surface area contributed by atoms with Crippen molar-refractivity contribution in [3.63, 3.8) is 0 Å². The fourth-order valence-corrected chi connectivity index (χ4v) is 3.60. The van der Waals surface area contributed by atoms with Gasteiger partial charge in [0.05, 0.1) is 0 Å². The molecule has 2 bridgehead atoms. The van der Waals surface area contributed by atoms with Crippen LogP contribution in [0.4, 0.5) is 0 Å². The van der Waals surface area contributed by atoms with Gasteiger partial charge in [-0.25, -0.2) is 0 Å². The van der Waals surface area contributed by atoms with Gasteiger partial charge in [-0.2, -0.15) is 0 Å². The lowest BCUT2D eigenvalue weighted by Crippen LogP contribution is -2.68. The predicted molar refractivity (Wildman–Crippen MR) is 45.8 cm³/mol. The smallest absolute Gasteiger partial charge is 0.223 e. The highest BCUT2D eigenvalue weighted by molar-refractivity contribution is 5.26. The SMILES string of the molecule is CC1(C)C2CC1C(C)(O)C1(O)OC21. The molecule has 2 N–H and O–H groups in total. The van der Waals surface area contributed by atoms with E-state index in [1.54, 1.807) is 6.92 Å². The number of hydrogen-bond donors (Lipinski definition) is 2. The van der Waals surface area contributed by atoms with Crippen LogP contribution in [0.15, 0.2) is 0 Å². The lowest BCUT2D eigenvalue weighted by atomic mass is 9.43. The van der Waals surface area contributed by atoms with Crippen molar-refractivity contribution in [3.05, 3.63) is 0 Å². The van der Waals surface area contributed by atoms with E-state index in [0.717, 1.165) is 6.42 Å². The second-order valence-corrected chi connectivity index (χ2v) is 5.60. The number of rotatable bonds is 0. The van der Waals surface area contributed by atoms with Crippen LogP contribution in [0.2, 0.25) is 0 Å². The molecule has 1 aliphatic heterocycles. The Bertz CT molecular complexity index is 284. The Hall–Kier alpha value is -0.120. The molecule has 3 nitrogen and oxygen atoms in total. The van der Waals surface area contributed by atoms with E-state index >= 15 is 0 Å². The van der Waals surface area contributed by atoms with Gasteiger partial charge in [0.1, 0.15) is 11.7 Å². The topological polar surface area (TPSA) is 53.0 Å². The van der Waals surface area contributed by atoms with Crippen LogP contribution in [0, 0.1) is 17.3 Å². The van der Waals surface area contributed by atoms with Crippen LogP contribution in [0.1, 0.15) is 27.2 Å². The van der Waals surface area contributed by atoms with Crippen LogP contribution < -0.4 is 0 Å². The lowest BCUT2D eigenvalue weighted by Gasteiger charge is -2.61. The molecule has 13 heavy (non-hydrogen) atoms. The molecule has 0 aromatic rings. The molecule has 0 aromatic heterocycles. The highest BCUT2D eigenvalue weighted by Gasteiger charge is 2.83. The van der Waals surface area contributed by atoms with Gasteiger partial charge in [-0.15, -0.1) is 0 Å². The zero-order chi connectivity index (χ0) is 9.65. The zero-order valence-electron chi connectivity index (χ0n) is 8.24. The summed E-state index contributed by atoms with van der Waals surface area (Å²) in [5.41, 5.74) is -0.938. The third-order valence-electron chi connectivity index (χ3n) is 4.75. The van der Waals surface area contributed by atoms with Gasteiger partial charge >= 0.3 is 0 Å². The van der Waals surface area contributed by atoms with Crippen LogP contribution in [-0.4, -0.2) is 27.7 Å². The summed E-state index contributed by atoms with van der Waals surface area (Å²) >= 11 is 0. The Morgan fingerprint density at radius 3 is 2.31 bits per heavy atom. The molecule has 4 rings (SSSR count). The minimum atomic E-state index is -1.23. The molecule has 0 spiro atoms. The molecule has 3 heteroatoms. The standard InChI is InChI=1S/C10H16O3/c1-8(2)5-4-6(8)9(3,11)10(12)7(5)13-10/h5-7,11-12H,4H2,1-3H3. The van der Waals surface area contributed by atoms with Crippen molar-refractivity contribution in [2.24, 2.45) is 17.3 Å². The molecule has 5 unspecified atom stereocenters. The first-order chi connectivity index (χ1) is 5.82. The summed E-state index contributed by atoms with van der Waals surface area (Å²) < 4.78 is 5.28. The van der Waals surface area contributed by atoms with E-state index in [0.29, 0.717) is 5.92 Å². The van der Waals surface area contributed by atoms with Gasteiger partial charge in [0, 0.05) is 0 Å². The van der Waals surface area contributed by atoms with Gasteiger partial charge in [-0.3, -0.25) is 0 Å².